The van der Waals surface area contributed by atoms with Crippen molar-refractivity contribution >= 4 is 0 Å². The third-order valence-electron chi connectivity index (χ3n) is 0. The molecule has 0 spiro atoms. The van der Waals surface area contributed by atoms with Crippen molar-refractivity contribution < 1.29 is 10.2 Å². The van der Waals surface area contributed by atoms with E-state index in [0.29, 0.717) is 0 Å². The first kappa shape index (κ1) is 10.1. The van der Waals surface area contributed by atoms with Crippen LogP contribution in [0.3, 0.4) is 0 Å². The van der Waals surface area contributed by atoms with Gasteiger partial charge in [0.1, 0.15) is 0 Å². The summed E-state index contributed by atoms with van der Waals surface area (Å²) in [5.74, 6) is -0.167. The average molecular weight is 114 g/mol. The average Bonchev–Trinajstić information content (AvgIpc) is 1.25. The minimum Gasteiger partial charge on any atom is -0.876 e. The minimum absolute atomic E-state index is 0.0833. The fraction of sp³-hybridized carbons (Fsp3) is 0.333. The molecule has 2 heteroatoms. The highest BCUT2D eigenvalue weighted by Gasteiger charge is 1.36. The van der Waals surface area contributed by atoms with Gasteiger partial charge >= 0.3 is 0 Å². The van der Waals surface area contributed by atoms with Gasteiger partial charge in [0, 0.05) is 0 Å². The van der Waals surface area contributed by atoms with Crippen molar-refractivity contribution in [3.63, 3.8) is 0 Å². The van der Waals surface area contributed by atoms with E-state index in [1.807, 2.05) is 0 Å². The Balaban J connectivity index is 0. The van der Waals surface area contributed by atoms with Crippen LogP contribution in [0.1, 0.15) is 13.8 Å². The standard InChI is InChI=1S/2C3H6O/c2*1-3(2)4/h2*4H,1H2,2H3/p-2. The Morgan fingerprint density at radius 3 is 1.00 bits per heavy atom. The van der Waals surface area contributed by atoms with Crippen LogP contribution in [0.25, 0.3) is 0 Å². The second-order valence-electron chi connectivity index (χ2n) is 1.40. The van der Waals surface area contributed by atoms with Gasteiger partial charge in [0.05, 0.1) is 0 Å². The summed E-state index contributed by atoms with van der Waals surface area (Å²) < 4.78 is 0. The molecule has 0 aliphatic rings. The lowest BCUT2D eigenvalue weighted by atomic mass is 10.7. The molecule has 0 aliphatic heterocycles. The molecular weight excluding hydrogens is 104 g/mol. The Kier molecular flexibility index (Phi) is 7.71. The fourth-order valence-electron chi connectivity index (χ4n) is 0. The summed E-state index contributed by atoms with van der Waals surface area (Å²) in [6.07, 6.45) is 0. The zero-order valence-electron chi connectivity index (χ0n) is 5.23. The topological polar surface area (TPSA) is 46.1 Å². The quantitative estimate of drug-likeness (QED) is 0.408. The third-order valence-corrected chi connectivity index (χ3v) is 0. The van der Waals surface area contributed by atoms with Crippen LogP contribution < -0.4 is 10.2 Å². The minimum atomic E-state index is -0.0833. The Bertz CT molecular complexity index is 64.5. The van der Waals surface area contributed by atoms with Crippen LogP contribution in [-0.4, -0.2) is 0 Å². The molecule has 0 aliphatic carbocycles. The number of allylic oxidation sites excluding steroid dienone is 2. The summed E-state index contributed by atoms with van der Waals surface area (Å²) in [6, 6.07) is 0. The third kappa shape index (κ3) is 99.9. The molecule has 2 nitrogen and oxygen atoms in total. The molecule has 0 aromatic carbocycles. The zero-order valence-corrected chi connectivity index (χ0v) is 5.23. The molecule has 0 fully saturated rings. The summed E-state index contributed by atoms with van der Waals surface area (Å²) in [7, 11) is 0. The van der Waals surface area contributed by atoms with Gasteiger partial charge in [-0.3, -0.25) is 0 Å². The van der Waals surface area contributed by atoms with Gasteiger partial charge in [-0.25, -0.2) is 0 Å². The van der Waals surface area contributed by atoms with Crippen molar-refractivity contribution in [2.75, 3.05) is 0 Å². The van der Waals surface area contributed by atoms with E-state index < -0.39 is 0 Å². The van der Waals surface area contributed by atoms with Crippen LogP contribution in [0.4, 0.5) is 0 Å². The summed E-state index contributed by atoms with van der Waals surface area (Å²) in [4.78, 5) is 0. The summed E-state index contributed by atoms with van der Waals surface area (Å²) in [5.41, 5.74) is 0. The van der Waals surface area contributed by atoms with E-state index in [4.69, 9.17) is 0 Å². The van der Waals surface area contributed by atoms with Crippen molar-refractivity contribution in [3.8, 4) is 0 Å². The lowest BCUT2D eigenvalue weighted by Crippen LogP contribution is -1.93. The second-order valence-corrected chi connectivity index (χ2v) is 1.40. The van der Waals surface area contributed by atoms with Crippen LogP contribution >= 0.6 is 0 Å². The molecular formula is C6H10O2-2. The molecule has 0 aromatic heterocycles. The van der Waals surface area contributed by atoms with Gasteiger partial charge in [0.25, 0.3) is 0 Å². The van der Waals surface area contributed by atoms with Crippen LogP contribution in [0, 0.1) is 0 Å². The molecule has 8 heavy (non-hydrogen) atoms. The predicted octanol–water partition coefficient (Wildman–Crippen LogP) is -0.239. The van der Waals surface area contributed by atoms with Gasteiger partial charge in [-0.2, -0.15) is 0 Å². The lowest BCUT2D eigenvalue weighted by molar-refractivity contribution is -0.301. The second kappa shape index (κ2) is 6.08. The molecule has 0 amide bonds. The number of rotatable bonds is 0. The summed E-state index contributed by atoms with van der Waals surface area (Å²) >= 11 is 0. The zero-order chi connectivity index (χ0) is 7.15. The summed E-state index contributed by atoms with van der Waals surface area (Å²) in [5, 5.41) is 18.7. The molecule has 0 rings (SSSR count). The lowest BCUT2D eigenvalue weighted by Gasteiger charge is -1.92. The van der Waals surface area contributed by atoms with E-state index in [0.717, 1.165) is 0 Å². The first-order chi connectivity index (χ1) is 3.46. The largest absolute Gasteiger partial charge is 0.876 e. The Morgan fingerprint density at radius 2 is 1.00 bits per heavy atom. The predicted molar refractivity (Wildman–Crippen MR) is 29.6 cm³/mol. The number of hydrogen-bond donors (Lipinski definition) is 0. The molecule has 0 bridgehead atoms. The molecule has 0 radical (unpaired) electrons. The van der Waals surface area contributed by atoms with Crippen LogP contribution in [0.15, 0.2) is 24.7 Å². The van der Waals surface area contributed by atoms with Gasteiger partial charge < -0.3 is 10.2 Å². The van der Waals surface area contributed by atoms with Crippen LogP contribution in [0.5, 0.6) is 0 Å². The molecule has 0 saturated heterocycles. The maximum absolute atomic E-state index is 9.33. The Morgan fingerprint density at radius 1 is 1.00 bits per heavy atom. The van der Waals surface area contributed by atoms with Gasteiger partial charge in [-0.05, 0) is 0 Å². The SMILES string of the molecule is C=C(C)[O-].C=C(C)[O-]. The van der Waals surface area contributed by atoms with E-state index in [1.165, 1.54) is 13.8 Å². The van der Waals surface area contributed by atoms with Crippen molar-refractivity contribution in [2.45, 2.75) is 13.8 Å². The molecule has 0 atom stereocenters. The highest BCUT2D eigenvalue weighted by molar-refractivity contribution is 4.64. The Labute approximate surface area is 49.8 Å². The smallest absolute Gasteiger partial charge is 0.0549 e. The van der Waals surface area contributed by atoms with E-state index in [2.05, 4.69) is 13.2 Å². The van der Waals surface area contributed by atoms with E-state index >= 15 is 0 Å². The van der Waals surface area contributed by atoms with Crippen LogP contribution in [0.2, 0.25) is 0 Å². The van der Waals surface area contributed by atoms with E-state index in [9.17, 15) is 10.2 Å². The van der Waals surface area contributed by atoms with Gasteiger partial charge in [-0.15, -0.1) is 24.7 Å². The fourth-order valence-corrected chi connectivity index (χ4v) is 0. The molecule has 0 aromatic rings. The molecule has 48 valence electrons. The highest BCUT2D eigenvalue weighted by Crippen LogP contribution is 1.58. The first-order valence-electron chi connectivity index (χ1n) is 2.12. The monoisotopic (exact) mass is 114 g/mol. The van der Waals surface area contributed by atoms with E-state index in [1.54, 1.807) is 0 Å². The molecule has 0 unspecified atom stereocenters. The van der Waals surface area contributed by atoms with Crippen molar-refractivity contribution in [2.24, 2.45) is 0 Å². The van der Waals surface area contributed by atoms with Crippen molar-refractivity contribution in [1.82, 2.24) is 0 Å². The van der Waals surface area contributed by atoms with Gasteiger partial charge in [0.15, 0.2) is 0 Å². The van der Waals surface area contributed by atoms with Crippen LogP contribution in [-0.2, 0) is 0 Å². The van der Waals surface area contributed by atoms with Crippen molar-refractivity contribution in [1.29, 1.82) is 0 Å². The molecule has 0 N–H and O–H groups in total. The number of hydrogen-bond acceptors (Lipinski definition) is 2. The molecule has 0 saturated carbocycles. The normalized spacial score (nSPS) is 6.25. The molecule has 0 heterocycles. The maximum Gasteiger partial charge on any atom is -0.0549 e. The summed E-state index contributed by atoms with van der Waals surface area (Å²) in [6.45, 7) is 8.83. The van der Waals surface area contributed by atoms with Crippen molar-refractivity contribution in [3.05, 3.63) is 24.7 Å². The van der Waals surface area contributed by atoms with Gasteiger partial charge in [0.2, 0.25) is 0 Å². The first-order valence-corrected chi connectivity index (χ1v) is 2.12. The Hall–Kier alpha value is -0.920. The van der Waals surface area contributed by atoms with E-state index in [-0.39, 0.29) is 11.5 Å². The van der Waals surface area contributed by atoms with Gasteiger partial charge in [-0.1, -0.05) is 13.8 Å². The maximum atomic E-state index is 9.33. The highest BCUT2D eigenvalue weighted by atomic mass is 16.3.